The number of hydrogen-bond donors (Lipinski definition) is 1. The minimum Gasteiger partial charge on any atom is -0.340 e. The molecule has 0 radical (unpaired) electrons. The Balaban J connectivity index is 2.45. The third kappa shape index (κ3) is 5.68. The van der Waals surface area contributed by atoms with E-state index in [1.54, 1.807) is 11.8 Å². The first kappa shape index (κ1) is 15.2. The van der Waals surface area contributed by atoms with Crippen LogP contribution in [-0.4, -0.2) is 67.7 Å². The van der Waals surface area contributed by atoms with E-state index < -0.39 is 12.7 Å². The summed E-state index contributed by atoms with van der Waals surface area (Å²) in [4.78, 5) is 14.7. The van der Waals surface area contributed by atoms with Gasteiger partial charge < -0.3 is 10.2 Å². The molecule has 0 spiro atoms. The Morgan fingerprint density at radius 2 is 2.06 bits per heavy atom. The maximum Gasteiger partial charge on any atom is 0.401 e. The van der Waals surface area contributed by atoms with Crippen LogP contribution in [0, 0.1) is 0 Å². The van der Waals surface area contributed by atoms with E-state index in [0.29, 0.717) is 19.6 Å². The van der Waals surface area contributed by atoms with Crippen LogP contribution in [0.4, 0.5) is 13.2 Å². The first-order valence-electron chi connectivity index (χ1n) is 6.20. The highest BCUT2D eigenvalue weighted by atomic mass is 19.4. The second-order valence-electron chi connectivity index (χ2n) is 4.40. The largest absolute Gasteiger partial charge is 0.401 e. The van der Waals surface area contributed by atoms with Crippen LogP contribution in [0.3, 0.4) is 0 Å². The van der Waals surface area contributed by atoms with Crippen molar-refractivity contribution in [2.45, 2.75) is 19.5 Å². The van der Waals surface area contributed by atoms with Crippen molar-refractivity contribution < 1.29 is 18.0 Å². The molecule has 0 aliphatic carbocycles. The second-order valence-corrected chi connectivity index (χ2v) is 4.40. The maximum atomic E-state index is 12.3. The molecule has 18 heavy (non-hydrogen) atoms. The molecule has 1 aliphatic rings. The Kier molecular flexibility index (Phi) is 5.87. The van der Waals surface area contributed by atoms with Crippen molar-refractivity contribution >= 4 is 5.91 Å². The average Bonchev–Trinajstić information content (AvgIpc) is 2.54. The first-order valence-corrected chi connectivity index (χ1v) is 6.20. The molecule has 1 amide bonds. The Morgan fingerprint density at radius 3 is 2.67 bits per heavy atom. The van der Waals surface area contributed by atoms with E-state index in [0.717, 1.165) is 17.9 Å². The number of rotatable bonds is 4. The van der Waals surface area contributed by atoms with Crippen molar-refractivity contribution in [2.24, 2.45) is 0 Å². The molecule has 0 unspecified atom stereocenters. The Hall–Kier alpha value is -0.820. The molecule has 0 aromatic rings. The summed E-state index contributed by atoms with van der Waals surface area (Å²) in [5.74, 6) is -0.218. The second kappa shape index (κ2) is 6.94. The number of nitrogens with one attached hydrogen (secondary N) is 1. The number of carbonyl (C=O) groups is 1. The molecule has 106 valence electrons. The highest BCUT2D eigenvalue weighted by Crippen LogP contribution is 2.16. The molecular weight excluding hydrogens is 247 g/mol. The molecule has 1 saturated heterocycles. The predicted octanol–water partition coefficient (Wildman–Crippen LogP) is 0.692. The van der Waals surface area contributed by atoms with Gasteiger partial charge >= 0.3 is 6.18 Å². The molecule has 7 heteroatoms. The van der Waals surface area contributed by atoms with Crippen molar-refractivity contribution in [3.8, 4) is 0 Å². The van der Waals surface area contributed by atoms with Crippen LogP contribution in [0.25, 0.3) is 0 Å². The van der Waals surface area contributed by atoms with Gasteiger partial charge in [-0.1, -0.05) is 6.92 Å². The van der Waals surface area contributed by atoms with E-state index in [1.165, 1.54) is 0 Å². The monoisotopic (exact) mass is 267 g/mol. The van der Waals surface area contributed by atoms with E-state index in [2.05, 4.69) is 5.32 Å². The summed E-state index contributed by atoms with van der Waals surface area (Å²) >= 11 is 0. The van der Waals surface area contributed by atoms with Crippen molar-refractivity contribution in [2.75, 3.05) is 45.8 Å². The van der Waals surface area contributed by atoms with Crippen molar-refractivity contribution in [1.29, 1.82) is 0 Å². The normalized spacial score (nSPS) is 17.9. The van der Waals surface area contributed by atoms with Gasteiger partial charge in [-0.2, -0.15) is 13.2 Å². The quantitative estimate of drug-likeness (QED) is 0.814. The average molecular weight is 267 g/mol. The predicted molar refractivity (Wildman–Crippen MR) is 62.2 cm³/mol. The maximum absolute atomic E-state index is 12.3. The molecule has 0 atom stereocenters. The Morgan fingerprint density at radius 1 is 1.33 bits per heavy atom. The van der Waals surface area contributed by atoms with E-state index in [4.69, 9.17) is 0 Å². The molecule has 4 nitrogen and oxygen atoms in total. The van der Waals surface area contributed by atoms with Crippen molar-refractivity contribution in [3.05, 3.63) is 0 Å². The van der Waals surface area contributed by atoms with Gasteiger partial charge in [-0.05, 0) is 19.5 Å². The Labute approximate surface area is 105 Å². The number of hydrogen-bond acceptors (Lipinski definition) is 3. The SMILES string of the molecule is CCN(CC(=O)N1CCCNCC1)CC(F)(F)F. The lowest BCUT2D eigenvalue weighted by Crippen LogP contribution is -2.44. The molecule has 0 saturated carbocycles. The standard InChI is InChI=1S/C11H20F3N3O/c1-2-16(9-11(12,13)14)8-10(18)17-6-3-4-15-5-7-17/h15H,2-9H2,1H3. The van der Waals surface area contributed by atoms with Crippen LogP contribution in [0.5, 0.6) is 0 Å². The zero-order chi connectivity index (χ0) is 13.6. The van der Waals surface area contributed by atoms with Crippen LogP contribution in [-0.2, 0) is 4.79 Å². The van der Waals surface area contributed by atoms with Crippen molar-refractivity contribution in [3.63, 3.8) is 0 Å². The summed E-state index contributed by atoms with van der Waals surface area (Å²) in [6, 6.07) is 0. The summed E-state index contributed by atoms with van der Waals surface area (Å²) in [5, 5.41) is 3.15. The van der Waals surface area contributed by atoms with Gasteiger partial charge in [-0.15, -0.1) is 0 Å². The van der Waals surface area contributed by atoms with Gasteiger partial charge in [0, 0.05) is 19.6 Å². The van der Waals surface area contributed by atoms with E-state index in [1.807, 2.05) is 0 Å². The van der Waals surface area contributed by atoms with Crippen molar-refractivity contribution in [1.82, 2.24) is 15.1 Å². The molecule has 1 rings (SSSR count). The molecule has 0 aromatic heterocycles. The number of halogens is 3. The van der Waals surface area contributed by atoms with E-state index in [9.17, 15) is 18.0 Å². The van der Waals surface area contributed by atoms with Gasteiger partial charge in [0.05, 0.1) is 13.1 Å². The lowest BCUT2D eigenvalue weighted by molar-refractivity contribution is -0.151. The molecule has 1 N–H and O–H groups in total. The third-order valence-corrected chi connectivity index (χ3v) is 2.90. The summed E-state index contributed by atoms with van der Waals surface area (Å²) in [6.45, 7) is 3.41. The topological polar surface area (TPSA) is 35.6 Å². The third-order valence-electron chi connectivity index (χ3n) is 2.90. The number of nitrogens with zero attached hydrogens (tertiary/aromatic N) is 2. The summed E-state index contributed by atoms with van der Waals surface area (Å²) < 4.78 is 36.8. The fraction of sp³-hybridized carbons (Fsp3) is 0.909. The van der Waals surface area contributed by atoms with E-state index in [-0.39, 0.29) is 19.0 Å². The highest BCUT2D eigenvalue weighted by molar-refractivity contribution is 5.78. The van der Waals surface area contributed by atoms with Crippen LogP contribution >= 0.6 is 0 Å². The van der Waals surface area contributed by atoms with Crippen LogP contribution in [0.15, 0.2) is 0 Å². The number of amides is 1. The minimum absolute atomic E-state index is 0.157. The van der Waals surface area contributed by atoms with Gasteiger partial charge in [-0.25, -0.2) is 0 Å². The molecule has 0 aromatic carbocycles. The number of carbonyl (C=O) groups excluding carboxylic acids is 1. The van der Waals surface area contributed by atoms with Crippen LogP contribution in [0.2, 0.25) is 0 Å². The molecule has 0 bridgehead atoms. The fourth-order valence-electron chi connectivity index (χ4n) is 1.92. The van der Waals surface area contributed by atoms with Gasteiger partial charge in [0.1, 0.15) is 0 Å². The summed E-state index contributed by atoms with van der Waals surface area (Å²) in [7, 11) is 0. The molecule has 1 heterocycles. The summed E-state index contributed by atoms with van der Waals surface area (Å²) in [5.41, 5.74) is 0. The molecule has 1 fully saturated rings. The van der Waals surface area contributed by atoms with Gasteiger partial charge in [-0.3, -0.25) is 9.69 Å². The van der Waals surface area contributed by atoms with Gasteiger partial charge in [0.25, 0.3) is 0 Å². The van der Waals surface area contributed by atoms with Gasteiger partial charge in [0.15, 0.2) is 0 Å². The van der Waals surface area contributed by atoms with Crippen LogP contribution in [0.1, 0.15) is 13.3 Å². The first-order chi connectivity index (χ1) is 8.42. The molecular formula is C11H20F3N3O. The van der Waals surface area contributed by atoms with E-state index >= 15 is 0 Å². The smallest absolute Gasteiger partial charge is 0.340 e. The highest BCUT2D eigenvalue weighted by Gasteiger charge is 2.31. The number of likely N-dealkylation sites (N-methyl/N-ethyl adjacent to an activating group) is 1. The zero-order valence-electron chi connectivity index (χ0n) is 10.6. The lowest BCUT2D eigenvalue weighted by Gasteiger charge is -2.26. The minimum atomic E-state index is -4.25. The molecule has 1 aliphatic heterocycles. The zero-order valence-corrected chi connectivity index (χ0v) is 10.6. The van der Waals surface area contributed by atoms with Gasteiger partial charge in [0.2, 0.25) is 5.91 Å². The summed E-state index contributed by atoms with van der Waals surface area (Å²) in [6.07, 6.45) is -3.41. The van der Waals surface area contributed by atoms with Crippen LogP contribution < -0.4 is 5.32 Å². The Bertz CT molecular complexity index is 263. The lowest BCUT2D eigenvalue weighted by atomic mass is 10.3. The fourth-order valence-corrected chi connectivity index (χ4v) is 1.92. The number of alkyl halides is 3.